The zero-order chi connectivity index (χ0) is 53.1. The van der Waals surface area contributed by atoms with Crippen LogP contribution in [0.1, 0.15) is 87.9 Å². The number of aromatic hydroxyl groups is 1. The summed E-state index contributed by atoms with van der Waals surface area (Å²) in [4.78, 5) is 68.5. The summed E-state index contributed by atoms with van der Waals surface area (Å²) in [5.74, 6) is -1.25. The van der Waals surface area contributed by atoms with Crippen LogP contribution in [0.4, 0.5) is 29.7 Å². The molecular weight excluding hydrogens is 959 g/mol. The van der Waals surface area contributed by atoms with Crippen LogP contribution in [0, 0.1) is 11.6 Å². The lowest BCUT2D eigenvalue weighted by molar-refractivity contribution is 0.0594. The molecule has 0 atom stereocenters. The minimum Gasteiger partial charge on any atom is -0.505 e. The molecule has 0 radical (unpaired) electrons. The second kappa shape index (κ2) is 21.3. The second-order valence-electron chi connectivity index (χ2n) is 18.5. The van der Waals surface area contributed by atoms with Crippen LogP contribution >= 0.6 is 0 Å². The first-order chi connectivity index (χ1) is 36.1. The molecule has 0 bridgehead atoms. The van der Waals surface area contributed by atoms with Crippen molar-refractivity contribution in [3.8, 4) is 11.5 Å². The number of anilines is 2. The molecule has 16 heteroatoms. The van der Waals surface area contributed by atoms with Gasteiger partial charge in [0.2, 0.25) is 0 Å². The fraction of sp³-hybridized carbons (Fsp3) is 0.220. The van der Waals surface area contributed by atoms with E-state index in [9.17, 15) is 33.1 Å². The van der Waals surface area contributed by atoms with Crippen LogP contribution in [-0.4, -0.2) is 76.2 Å². The van der Waals surface area contributed by atoms with E-state index in [-0.39, 0.29) is 67.2 Å². The lowest BCUT2D eigenvalue weighted by atomic mass is 9.88. The number of aromatic nitrogens is 2. The van der Waals surface area contributed by atoms with Gasteiger partial charge in [-0.25, -0.2) is 18.4 Å². The van der Waals surface area contributed by atoms with E-state index in [0.29, 0.717) is 50.1 Å². The van der Waals surface area contributed by atoms with Crippen molar-refractivity contribution < 1.29 is 47.3 Å². The number of fused-ring (bicyclic) bond motifs is 4. The van der Waals surface area contributed by atoms with Crippen molar-refractivity contribution in [3.05, 3.63) is 202 Å². The monoisotopic (exact) mass is 1010 g/mol. The minimum atomic E-state index is -0.890. The molecule has 4 amide bonds. The number of rotatable bonds is 12. The van der Waals surface area contributed by atoms with Crippen molar-refractivity contribution in [2.24, 2.45) is 0 Å². The zero-order valence-corrected chi connectivity index (χ0v) is 42.2. The maximum atomic E-state index is 14.3. The Balaban J connectivity index is 0.000000192. The summed E-state index contributed by atoms with van der Waals surface area (Å²) in [6.45, 7) is 8.22. The molecule has 6 aromatic carbocycles. The number of ether oxygens (including phenoxy) is 3. The second-order valence-corrected chi connectivity index (χ2v) is 18.5. The molecule has 1 N–H and O–H groups in total. The van der Waals surface area contributed by atoms with Crippen molar-refractivity contribution in [3.63, 3.8) is 0 Å². The Kier molecular flexibility index (Phi) is 14.5. The fourth-order valence-corrected chi connectivity index (χ4v) is 9.87. The van der Waals surface area contributed by atoms with Crippen molar-refractivity contribution in [2.75, 3.05) is 37.1 Å². The number of hydrogen-bond acceptors (Lipinski definition) is 10. The largest absolute Gasteiger partial charge is 0.505 e. The predicted molar refractivity (Wildman–Crippen MR) is 281 cm³/mol. The number of phenols is 1. The highest BCUT2D eigenvalue weighted by molar-refractivity contribution is 6.15. The predicted octanol–water partition coefficient (Wildman–Crippen LogP) is 11.9. The Hall–Kier alpha value is -8.92. The summed E-state index contributed by atoms with van der Waals surface area (Å²) in [5.41, 5.74) is 5.73. The van der Waals surface area contributed by atoms with Gasteiger partial charge >= 0.3 is 12.2 Å². The Morgan fingerprint density at radius 1 is 0.653 bits per heavy atom. The van der Waals surface area contributed by atoms with Gasteiger partial charge in [0.1, 0.15) is 28.8 Å². The number of nitrogens with zero attached hydrogens (tertiary/aromatic N) is 6. The third kappa shape index (κ3) is 9.74. The van der Waals surface area contributed by atoms with Crippen LogP contribution in [0.5, 0.6) is 11.5 Å². The molecule has 0 aliphatic carbocycles. The van der Waals surface area contributed by atoms with Crippen LogP contribution in [0.25, 0.3) is 21.8 Å². The molecule has 8 aromatic rings. The van der Waals surface area contributed by atoms with Crippen molar-refractivity contribution >= 4 is 57.2 Å². The van der Waals surface area contributed by atoms with E-state index in [1.807, 2.05) is 80.6 Å². The average Bonchev–Trinajstić information content (AvgIpc) is 3.84. The van der Waals surface area contributed by atoms with Crippen molar-refractivity contribution in [2.45, 2.75) is 59.0 Å². The highest BCUT2D eigenvalue weighted by Gasteiger charge is 2.49. The molecule has 2 aliphatic heterocycles. The number of phenolic OH excluding ortho intramolecular Hbond substituents is 1. The average molecular weight is 1010 g/mol. The lowest BCUT2D eigenvalue weighted by Crippen LogP contribution is -2.39. The maximum Gasteiger partial charge on any atom is 0.414 e. The summed E-state index contributed by atoms with van der Waals surface area (Å²) in [7, 11) is 3.20. The van der Waals surface area contributed by atoms with Gasteiger partial charge in [-0.05, 0) is 98.5 Å². The van der Waals surface area contributed by atoms with Gasteiger partial charge < -0.3 is 29.1 Å². The van der Waals surface area contributed by atoms with Crippen LogP contribution < -0.4 is 14.5 Å². The molecule has 0 saturated carbocycles. The normalized spacial score (nSPS) is 13.3. The smallest absolute Gasteiger partial charge is 0.414 e. The van der Waals surface area contributed by atoms with Gasteiger partial charge in [0.05, 0.1) is 41.3 Å². The van der Waals surface area contributed by atoms with Gasteiger partial charge in [-0.2, -0.15) is 0 Å². The quantitative estimate of drug-likeness (QED) is 0.125. The Bertz CT molecular complexity index is 3410. The van der Waals surface area contributed by atoms with Crippen LogP contribution in [0.15, 0.2) is 146 Å². The first-order valence-corrected chi connectivity index (χ1v) is 24.4. The zero-order valence-electron chi connectivity index (χ0n) is 42.2. The molecule has 2 aromatic heterocycles. The van der Waals surface area contributed by atoms with E-state index in [1.54, 1.807) is 86.4 Å². The van der Waals surface area contributed by atoms with E-state index in [1.165, 1.54) is 40.3 Å². The molecule has 382 valence electrons. The van der Waals surface area contributed by atoms with E-state index < -0.39 is 29.7 Å². The summed E-state index contributed by atoms with van der Waals surface area (Å²) in [6.07, 6.45) is 1.50. The Morgan fingerprint density at radius 3 is 1.68 bits per heavy atom. The Labute approximate surface area is 432 Å². The molecule has 0 saturated heterocycles. The van der Waals surface area contributed by atoms with E-state index in [0.717, 1.165) is 22.3 Å². The third-order valence-corrected chi connectivity index (χ3v) is 13.4. The third-order valence-electron chi connectivity index (χ3n) is 13.4. The van der Waals surface area contributed by atoms with Gasteiger partial charge in [-0.15, -0.1) is 0 Å². The van der Waals surface area contributed by atoms with Gasteiger partial charge in [-0.1, -0.05) is 84.9 Å². The number of carbonyl (C=O) groups is 4. The van der Waals surface area contributed by atoms with Gasteiger partial charge in [0, 0.05) is 68.0 Å². The summed E-state index contributed by atoms with van der Waals surface area (Å²) >= 11 is 0. The summed E-state index contributed by atoms with van der Waals surface area (Å²) in [6, 6.07) is 38.7. The molecule has 14 nitrogen and oxygen atoms in total. The van der Waals surface area contributed by atoms with Crippen molar-refractivity contribution in [1.29, 1.82) is 0 Å². The number of hydrogen-bond donors (Lipinski definition) is 1. The van der Waals surface area contributed by atoms with Gasteiger partial charge in [0.15, 0.2) is 11.5 Å². The van der Waals surface area contributed by atoms with Crippen LogP contribution in [0.2, 0.25) is 0 Å². The fourth-order valence-electron chi connectivity index (χ4n) is 9.87. The van der Waals surface area contributed by atoms with E-state index >= 15 is 0 Å². The minimum absolute atomic E-state index is 0.106. The first-order valence-electron chi connectivity index (χ1n) is 24.4. The number of benzene rings is 6. The SMILES string of the molecule is CCOC(=O)N(C)c1c2c(c(O)c3ncccc13)C(=O)N(Cc1ccc(F)cc1)C2(C)C.CCOC(=O)N(C)c1c2c(c(OC(c3ccccc3)c3ccccc3)c3ncccc13)C(=O)N(Cc1ccc(F)cc1)C2. The Morgan fingerprint density at radius 2 is 1.15 bits per heavy atom. The molecule has 75 heavy (non-hydrogen) atoms. The van der Waals surface area contributed by atoms with Crippen LogP contribution in [-0.2, 0) is 34.6 Å². The molecule has 0 unspecified atom stereocenters. The molecule has 0 spiro atoms. The molecule has 0 fully saturated rings. The number of halogens is 2. The van der Waals surface area contributed by atoms with Crippen molar-refractivity contribution in [1.82, 2.24) is 19.8 Å². The molecular formula is C59H54F2N6O8. The number of pyridine rings is 2. The highest BCUT2D eigenvalue weighted by atomic mass is 19.1. The molecule has 10 rings (SSSR count). The standard InChI is InChI=1S/C35H30FN3O4.C24H24FN3O4/c1-3-42-35(41)38(2)31-27-15-10-20-37-30(27)33(43-32(24-11-6-4-7-12-24)25-13-8-5-9-14-25)29-28(31)22-39(34(29)40)21-23-16-18-26(36)19-17-23;1-5-32-23(31)27(4)20-16-7-6-12-26-19(16)21(29)17-18(20)24(2,3)28(22(17)30)13-14-8-10-15(25)11-9-14/h4-20,32H,3,21-22H2,1-2H3;6-12,29H,5,13H2,1-4H3. The van der Waals surface area contributed by atoms with Gasteiger partial charge in [0.25, 0.3) is 11.8 Å². The number of carbonyl (C=O) groups excluding carboxylic acids is 4. The topological polar surface area (TPSA) is 155 Å². The highest BCUT2D eigenvalue weighted by Crippen LogP contribution is 2.52. The van der Waals surface area contributed by atoms with Gasteiger partial charge in [-0.3, -0.25) is 29.4 Å². The number of amides is 4. The molecule has 4 heterocycles. The van der Waals surface area contributed by atoms with E-state index in [2.05, 4.69) is 9.97 Å². The molecule has 2 aliphatic rings. The maximum absolute atomic E-state index is 14.3. The first kappa shape index (κ1) is 51.0. The van der Waals surface area contributed by atoms with Crippen LogP contribution in [0.3, 0.4) is 0 Å². The lowest BCUT2D eigenvalue weighted by Gasteiger charge is -2.35. The summed E-state index contributed by atoms with van der Waals surface area (Å²) < 4.78 is 44.4. The van der Waals surface area contributed by atoms with E-state index in [4.69, 9.17) is 14.2 Å². The summed E-state index contributed by atoms with van der Waals surface area (Å²) in [5, 5.41) is 12.2.